The van der Waals surface area contributed by atoms with E-state index in [4.69, 9.17) is 0 Å². The van der Waals surface area contributed by atoms with E-state index in [1.165, 1.54) is 4.90 Å². The van der Waals surface area contributed by atoms with E-state index in [9.17, 15) is 22.8 Å². The number of aromatic nitrogens is 1. The van der Waals surface area contributed by atoms with Gasteiger partial charge in [-0.1, -0.05) is 0 Å². The van der Waals surface area contributed by atoms with Crippen molar-refractivity contribution < 1.29 is 22.8 Å². The first kappa shape index (κ1) is 12.8. The molecule has 0 N–H and O–H groups in total. The monoisotopic (exact) mass is 279 g/mol. The van der Waals surface area contributed by atoms with Gasteiger partial charge in [0.25, 0.3) is 5.91 Å². The molecule has 98 valence electrons. The number of likely N-dealkylation sites (N-methyl/N-ethyl adjacent to an activating group) is 1. The molecule has 1 saturated heterocycles. The quantitative estimate of drug-likeness (QED) is 0.777. The van der Waals surface area contributed by atoms with E-state index in [0.29, 0.717) is 22.8 Å². The number of amides is 3. The summed E-state index contributed by atoms with van der Waals surface area (Å²) in [4.78, 5) is 28.5. The minimum absolute atomic E-state index is 0.129. The zero-order valence-corrected chi connectivity index (χ0v) is 10.0. The smallest absolute Gasteiger partial charge is 0.315 e. The predicted molar refractivity (Wildman–Crippen MR) is 57.2 cm³/mol. The number of nitrogens with zero attached hydrogens (tertiary/aromatic N) is 3. The molecule has 0 spiro atoms. The van der Waals surface area contributed by atoms with Crippen LogP contribution in [-0.4, -0.2) is 34.9 Å². The molecule has 0 unspecified atom stereocenters. The topological polar surface area (TPSA) is 53.5 Å². The van der Waals surface area contributed by atoms with Gasteiger partial charge in [0.2, 0.25) is 5.13 Å². The van der Waals surface area contributed by atoms with Crippen LogP contribution >= 0.6 is 11.3 Å². The van der Waals surface area contributed by atoms with E-state index < -0.39 is 23.8 Å². The number of rotatable bonds is 2. The highest BCUT2D eigenvalue weighted by Crippen LogP contribution is 2.34. The molecule has 9 heteroatoms. The van der Waals surface area contributed by atoms with Crippen molar-refractivity contribution in [2.45, 2.75) is 13.1 Å². The van der Waals surface area contributed by atoms with Crippen molar-refractivity contribution in [2.24, 2.45) is 0 Å². The maximum Gasteiger partial charge on any atom is 0.434 e. The number of hydrogen-bond donors (Lipinski definition) is 0. The highest BCUT2D eigenvalue weighted by Gasteiger charge is 2.40. The van der Waals surface area contributed by atoms with Crippen molar-refractivity contribution in [1.82, 2.24) is 9.88 Å². The van der Waals surface area contributed by atoms with Gasteiger partial charge in [-0.15, -0.1) is 11.3 Å². The van der Waals surface area contributed by atoms with Crippen LogP contribution in [-0.2, 0) is 11.0 Å². The second-order valence-corrected chi connectivity index (χ2v) is 4.38. The molecule has 3 amide bonds. The molecular formula is C9H8F3N3O2S. The molecule has 0 atom stereocenters. The van der Waals surface area contributed by atoms with E-state index in [1.807, 2.05) is 0 Å². The molecule has 1 aliphatic rings. The first-order valence-electron chi connectivity index (χ1n) is 4.99. The normalized spacial score (nSPS) is 16.9. The van der Waals surface area contributed by atoms with E-state index in [2.05, 4.69) is 4.98 Å². The molecule has 18 heavy (non-hydrogen) atoms. The van der Waals surface area contributed by atoms with Gasteiger partial charge in [-0.25, -0.2) is 14.7 Å². The van der Waals surface area contributed by atoms with Crippen molar-refractivity contribution in [2.75, 3.05) is 18.0 Å². The SMILES string of the molecule is CCN1CC(=O)N(c2nc(C(F)(F)F)cs2)C1=O. The van der Waals surface area contributed by atoms with Gasteiger partial charge >= 0.3 is 12.2 Å². The Morgan fingerprint density at radius 1 is 1.44 bits per heavy atom. The second kappa shape index (κ2) is 4.23. The van der Waals surface area contributed by atoms with Crippen LogP contribution in [0.1, 0.15) is 12.6 Å². The summed E-state index contributed by atoms with van der Waals surface area (Å²) < 4.78 is 37.1. The maximum absolute atomic E-state index is 12.4. The lowest BCUT2D eigenvalue weighted by atomic mass is 10.5. The van der Waals surface area contributed by atoms with Crippen LogP contribution in [0.3, 0.4) is 0 Å². The first-order valence-corrected chi connectivity index (χ1v) is 5.87. The zero-order valence-electron chi connectivity index (χ0n) is 9.19. The third-order valence-corrected chi connectivity index (χ3v) is 3.22. The van der Waals surface area contributed by atoms with Crippen molar-refractivity contribution in [3.63, 3.8) is 0 Å². The van der Waals surface area contributed by atoms with Gasteiger partial charge in [0.05, 0.1) is 0 Å². The standard InChI is InChI=1S/C9H8F3N3O2S/c1-2-14-3-6(16)15(8(14)17)7-13-5(4-18-7)9(10,11)12/h4H,2-3H2,1H3. The Morgan fingerprint density at radius 3 is 2.56 bits per heavy atom. The molecule has 0 radical (unpaired) electrons. The summed E-state index contributed by atoms with van der Waals surface area (Å²) in [6, 6.07) is -0.634. The van der Waals surface area contributed by atoms with E-state index in [1.54, 1.807) is 6.92 Å². The summed E-state index contributed by atoms with van der Waals surface area (Å²) in [5.41, 5.74) is -1.10. The lowest BCUT2D eigenvalue weighted by Crippen LogP contribution is -2.32. The zero-order chi connectivity index (χ0) is 13.5. The van der Waals surface area contributed by atoms with Crippen molar-refractivity contribution >= 4 is 28.4 Å². The molecule has 0 aliphatic carbocycles. The Bertz CT molecular complexity index is 499. The Hall–Kier alpha value is -1.64. The largest absolute Gasteiger partial charge is 0.434 e. The molecule has 1 aromatic heterocycles. The molecule has 0 aromatic carbocycles. The highest BCUT2D eigenvalue weighted by molar-refractivity contribution is 7.14. The van der Waals surface area contributed by atoms with Crippen LogP contribution in [0.4, 0.5) is 23.1 Å². The van der Waals surface area contributed by atoms with Gasteiger partial charge < -0.3 is 4.90 Å². The van der Waals surface area contributed by atoms with Crippen LogP contribution in [0.2, 0.25) is 0 Å². The van der Waals surface area contributed by atoms with Gasteiger partial charge in [-0.3, -0.25) is 4.79 Å². The van der Waals surface area contributed by atoms with Crippen LogP contribution in [0.5, 0.6) is 0 Å². The van der Waals surface area contributed by atoms with Crippen LogP contribution < -0.4 is 4.90 Å². The Labute approximate surface area is 104 Å². The minimum Gasteiger partial charge on any atom is -0.315 e. The molecule has 2 rings (SSSR count). The number of anilines is 1. The third kappa shape index (κ3) is 2.05. The van der Waals surface area contributed by atoms with Crippen LogP contribution in [0.15, 0.2) is 5.38 Å². The molecule has 1 aromatic rings. The lowest BCUT2D eigenvalue weighted by molar-refractivity contribution is -0.140. The number of carbonyl (C=O) groups is 2. The summed E-state index contributed by atoms with van der Waals surface area (Å²) in [6.45, 7) is 1.87. The molecule has 0 bridgehead atoms. The Morgan fingerprint density at radius 2 is 2.11 bits per heavy atom. The highest BCUT2D eigenvalue weighted by atomic mass is 32.1. The van der Waals surface area contributed by atoms with Crippen LogP contribution in [0, 0.1) is 0 Å². The second-order valence-electron chi connectivity index (χ2n) is 3.54. The average Bonchev–Trinajstić information content (AvgIpc) is 2.83. The van der Waals surface area contributed by atoms with Crippen LogP contribution in [0.25, 0.3) is 0 Å². The molecule has 1 fully saturated rings. The number of hydrogen-bond acceptors (Lipinski definition) is 4. The van der Waals surface area contributed by atoms with E-state index in [0.717, 1.165) is 5.38 Å². The fourth-order valence-corrected chi connectivity index (χ4v) is 2.32. The Balaban J connectivity index is 2.30. The summed E-state index contributed by atoms with van der Waals surface area (Å²) in [7, 11) is 0. The van der Waals surface area contributed by atoms with Gasteiger partial charge in [0, 0.05) is 11.9 Å². The maximum atomic E-state index is 12.4. The van der Waals surface area contributed by atoms with Crippen molar-refractivity contribution in [1.29, 1.82) is 0 Å². The predicted octanol–water partition coefficient (Wildman–Crippen LogP) is 1.95. The molecule has 1 aliphatic heterocycles. The number of imide groups is 1. The summed E-state index contributed by atoms with van der Waals surface area (Å²) in [5.74, 6) is -0.565. The summed E-state index contributed by atoms with van der Waals surface area (Å²) >= 11 is 0.620. The minimum atomic E-state index is -4.58. The van der Waals surface area contributed by atoms with Gasteiger partial charge in [-0.05, 0) is 6.92 Å². The van der Waals surface area contributed by atoms with E-state index >= 15 is 0 Å². The average molecular weight is 279 g/mol. The number of alkyl halides is 3. The number of thiazole rings is 1. The molecule has 5 nitrogen and oxygen atoms in total. The van der Waals surface area contributed by atoms with Gasteiger partial charge in [0.15, 0.2) is 5.69 Å². The Kier molecular flexibility index (Phi) is 3.01. The molecule has 0 saturated carbocycles. The lowest BCUT2D eigenvalue weighted by Gasteiger charge is -2.12. The van der Waals surface area contributed by atoms with Crippen molar-refractivity contribution in [3.05, 3.63) is 11.1 Å². The number of halogens is 3. The van der Waals surface area contributed by atoms with Gasteiger partial charge in [0.1, 0.15) is 6.54 Å². The van der Waals surface area contributed by atoms with Crippen molar-refractivity contribution in [3.8, 4) is 0 Å². The fourth-order valence-electron chi connectivity index (χ4n) is 1.48. The molecular weight excluding hydrogens is 271 g/mol. The fraction of sp³-hybridized carbons (Fsp3) is 0.444. The summed E-state index contributed by atoms with van der Waals surface area (Å²) in [5, 5.41) is 0.540. The van der Waals surface area contributed by atoms with Gasteiger partial charge in [-0.2, -0.15) is 13.2 Å². The van der Waals surface area contributed by atoms with E-state index in [-0.39, 0.29) is 11.7 Å². The molecule has 2 heterocycles. The third-order valence-electron chi connectivity index (χ3n) is 2.39. The summed E-state index contributed by atoms with van der Waals surface area (Å²) in [6.07, 6.45) is -4.58. The first-order chi connectivity index (χ1) is 8.34. The number of urea groups is 1. The number of carbonyl (C=O) groups excluding carboxylic acids is 2.